The van der Waals surface area contributed by atoms with Crippen molar-refractivity contribution in [3.8, 4) is 0 Å². The first-order valence-electron chi connectivity index (χ1n) is 5.39. The first kappa shape index (κ1) is 10.7. The molecule has 1 N–H and O–H groups in total. The molecule has 0 aliphatic rings. The maximum absolute atomic E-state index is 4.40. The Morgan fingerprint density at radius 2 is 2.18 bits per heavy atom. The van der Waals surface area contributed by atoms with Crippen molar-refractivity contribution in [2.75, 3.05) is 11.9 Å². The minimum absolute atomic E-state index is 0.899. The van der Waals surface area contributed by atoms with Gasteiger partial charge in [-0.3, -0.25) is 0 Å². The molecule has 1 aromatic carbocycles. The maximum atomic E-state index is 4.40. The molecule has 5 heteroatoms. The number of hydrogen-bond acceptors (Lipinski definition) is 5. The number of nitrogens with one attached hydrogen (secondary N) is 1. The number of fused-ring (bicyclic) bond motifs is 1. The number of benzene rings is 1. The summed E-state index contributed by atoms with van der Waals surface area (Å²) < 4.78 is 4.40. The molecule has 0 radical (unpaired) electrons. The highest BCUT2D eigenvalue weighted by molar-refractivity contribution is 7.11. The summed E-state index contributed by atoms with van der Waals surface area (Å²) >= 11 is 3.16. The quantitative estimate of drug-likeness (QED) is 0.782. The van der Waals surface area contributed by atoms with Crippen molar-refractivity contribution < 1.29 is 0 Å². The minimum Gasteiger partial charge on any atom is -0.375 e. The van der Waals surface area contributed by atoms with Gasteiger partial charge in [0.05, 0.1) is 16.7 Å². The smallest absolute Gasteiger partial charge is 0.117 e. The molecule has 0 aliphatic heterocycles. The van der Waals surface area contributed by atoms with Crippen LogP contribution in [0.5, 0.6) is 0 Å². The highest BCUT2D eigenvalue weighted by Crippen LogP contribution is 2.26. The Bertz CT molecular complexity index is 601. The molecule has 2 heterocycles. The zero-order valence-corrected chi connectivity index (χ0v) is 10.7. The van der Waals surface area contributed by atoms with Crippen molar-refractivity contribution in [2.45, 2.75) is 6.42 Å². The van der Waals surface area contributed by atoms with Crippen LogP contribution in [0.1, 0.15) is 5.69 Å². The second kappa shape index (κ2) is 4.81. The van der Waals surface area contributed by atoms with Crippen molar-refractivity contribution in [1.82, 2.24) is 9.36 Å². The zero-order chi connectivity index (χ0) is 11.5. The molecule has 86 valence electrons. The Morgan fingerprint density at radius 3 is 3.06 bits per heavy atom. The molecule has 0 aliphatic carbocycles. The van der Waals surface area contributed by atoms with Crippen molar-refractivity contribution in [3.05, 3.63) is 40.8 Å². The highest BCUT2D eigenvalue weighted by Gasteiger charge is 2.04. The Hall–Kier alpha value is -1.46. The lowest BCUT2D eigenvalue weighted by Gasteiger charge is -2.01. The SMILES string of the molecule is c1ccc2c(NCCc3cscn3)snc2c1. The van der Waals surface area contributed by atoms with Gasteiger partial charge >= 0.3 is 0 Å². The zero-order valence-electron chi connectivity index (χ0n) is 9.09. The first-order valence-corrected chi connectivity index (χ1v) is 7.10. The average Bonchev–Trinajstić information content (AvgIpc) is 2.99. The Morgan fingerprint density at radius 1 is 1.24 bits per heavy atom. The molecule has 0 amide bonds. The van der Waals surface area contributed by atoms with E-state index in [9.17, 15) is 0 Å². The topological polar surface area (TPSA) is 37.8 Å². The second-order valence-corrected chi connectivity index (χ2v) is 5.18. The number of nitrogens with zero attached hydrogens (tertiary/aromatic N) is 2. The van der Waals surface area contributed by atoms with Gasteiger partial charge in [-0.2, -0.15) is 4.37 Å². The van der Waals surface area contributed by atoms with E-state index in [1.165, 1.54) is 16.9 Å². The number of aromatic nitrogens is 2. The fourth-order valence-corrected chi connectivity index (χ4v) is 3.06. The minimum atomic E-state index is 0.899. The molecule has 0 atom stereocenters. The van der Waals surface area contributed by atoms with Gasteiger partial charge in [0, 0.05) is 23.7 Å². The molecule has 3 rings (SSSR count). The summed E-state index contributed by atoms with van der Waals surface area (Å²) in [5.41, 5.74) is 4.09. The maximum Gasteiger partial charge on any atom is 0.117 e. The van der Waals surface area contributed by atoms with E-state index in [0.29, 0.717) is 0 Å². The molecular weight excluding hydrogens is 250 g/mol. The monoisotopic (exact) mass is 261 g/mol. The molecule has 0 bridgehead atoms. The van der Waals surface area contributed by atoms with E-state index in [-0.39, 0.29) is 0 Å². The molecule has 17 heavy (non-hydrogen) atoms. The van der Waals surface area contributed by atoms with E-state index in [0.717, 1.165) is 29.2 Å². The summed E-state index contributed by atoms with van der Waals surface area (Å²) in [6.07, 6.45) is 0.954. The average molecular weight is 261 g/mol. The first-order chi connectivity index (χ1) is 8.43. The summed E-state index contributed by atoms with van der Waals surface area (Å²) in [6, 6.07) is 8.20. The van der Waals surface area contributed by atoms with E-state index < -0.39 is 0 Å². The van der Waals surface area contributed by atoms with Crippen molar-refractivity contribution in [1.29, 1.82) is 0 Å². The largest absolute Gasteiger partial charge is 0.375 e. The van der Waals surface area contributed by atoms with Gasteiger partial charge in [-0.15, -0.1) is 11.3 Å². The van der Waals surface area contributed by atoms with Gasteiger partial charge in [0.15, 0.2) is 0 Å². The van der Waals surface area contributed by atoms with Gasteiger partial charge < -0.3 is 5.32 Å². The number of hydrogen-bond donors (Lipinski definition) is 1. The van der Waals surface area contributed by atoms with Crippen LogP contribution in [-0.4, -0.2) is 15.9 Å². The van der Waals surface area contributed by atoms with Gasteiger partial charge in [-0.1, -0.05) is 12.1 Å². The Balaban J connectivity index is 1.69. The predicted molar refractivity (Wildman–Crippen MR) is 73.9 cm³/mol. The summed E-state index contributed by atoms with van der Waals surface area (Å²) in [5.74, 6) is 0. The molecule has 3 aromatic rings. The van der Waals surface area contributed by atoms with E-state index in [2.05, 4.69) is 26.1 Å². The van der Waals surface area contributed by atoms with Gasteiger partial charge in [-0.25, -0.2) is 4.98 Å². The van der Waals surface area contributed by atoms with Crippen LogP contribution in [0.25, 0.3) is 10.9 Å². The van der Waals surface area contributed by atoms with E-state index in [1.54, 1.807) is 11.3 Å². The fraction of sp³-hybridized carbons (Fsp3) is 0.167. The lowest BCUT2D eigenvalue weighted by molar-refractivity contribution is 0.982. The van der Waals surface area contributed by atoms with Crippen LogP contribution >= 0.6 is 22.9 Å². The third-order valence-electron chi connectivity index (χ3n) is 2.53. The number of thiazole rings is 1. The molecule has 0 fully saturated rings. The molecule has 0 unspecified atom stereocenters. The standard InChI is InChI=1S/C12H11N3S2/c1-2-4-11-10(3-1)12(17-15-11)13-6-5-9-7-16-8-14-9/h1-4,7-8,13H,5-6H2. The van der Waals surface area contributed by atoms with E-state index in [1.807, 2.05) is 23.7 Å². The third-order valence-corrected chi connectivity index (χ3v) is 4.00. The van der Waals surface area contributed by atoms with Crippen LogP contribution in [0.3, 0.4) is 0 Å². The number of anilines is 1. The van der Waals surface area contributed by atoms with Crippen molar-refractivity contribution >= 4 is 38.8 Å². The fourth-order valence-electron chi connectivity index (χ4n) is 1.68. The lowest BCUT2D eigenvalue weighted by atomic mass is 10.2. The summed E-state index contributed by atoms with van der Waals surface area (Å²) in [5, 5.41) is 7.87. The predicted octanol–water partition coefficient (Wildman–Crippen LogP) is 3.41. The van der Waals surface area contributed by atoms with Crippen LogP contribution < -0.4 is 5.32 Å². The lowest BCUT2D eigenvalue weighted by Crippen LogP contribution is -2.03. The molecule has 2 aromatic heterocycles. The molecule has 0 spiro atoms. The Kier molecular flexibility index (Phi) is 3.02. The van der Waals surface area contributed by atoms with Gasteiger partial charge in [0.1, 0.15) is 5.00 Å². The number of rotatable bonds is 4. The molecule has 3 nitrogen and oxygen atoms in total. The summed E-state index contributed by atoms with van der Waals surface area (Å²) in [7, 11) is 0. The van der Waals surface area contributed by atoms with Gasteiger partial charge in [0.2, 0.25) is 0 Å². The highest BCUT2D eigenvalue weighted by atomic mass is 32.1. The summed E-state index contributed by atoms with van der Waals surface area (Å²) in [4.78, 5) is 4.26. The van der Waals surface area contributed by atoms with Crippen LogP contribution in [0.15, 0.2) is 35.2 Å². The van der Waals surface area contributed by atoms with Crippen LogP contribution in [0, 0.1) is 0 Å². The van der Waals surface area contributed by atoms with Gasteiger partial charge in [-0.05, 0) is 23.7 Å². The Labute approximate surface area is 107 Å². The molecule has 0 saturated carbocycles. The molecular formula is C12H11N3S2. The van der Waals surface area contributed by atoms with Crippen molar-refractivity contribution in [3.63, 3.8) is 0 Å². The van der Waals surface area contributed by atoms with Crippen LogP contribution in [-0.2, 0) is 6.42 Å². The third kappa shape index (κ3) is 2.30. The second-order valence-electron chi connectivity index (χ2n) is 3.69. The van der Waals surface area contributed by atoms with E-state index >= 15 is 0 Å². The van der Waals surface area contributed by atoms with Gasteiger partial charge in [0.25, 0.3) is 0 Å². The summed E-state index contributed by atoms with van der Waals surface area (Å²) in [6.45, 7) is 0.899. The van der Waals surface area contributed by atoms with Crippen molar-refractivity contribution in [2.24, 2.45) is 0 Å². The molecule has 0 saturated heterocycles. The van der Waals surface area contributed by atoms with Crippen LogP contribution in [0.4, 0.5) is 5.00 Å². The normalized spacial score (nSPS) is 10.8. The van der Waals surface area contributed by atoms with E-state index in [4.69, 9.17) is 0 Å². The van der Waals surface area contributed by atoms with Crippen LogP contribution in [0.2, 0.25) is 0 Å².